The van der Waals surface area contributed by atoms with Gasteiger partial charge in [0.15, 0.2) is 0 Å². The number of quaternary nitrogens is 1. The number of carboxylic acid groups (broad SMARTS) is 2. The second kappa shape index (κ2) is 7.90. The molecule has 3 atom stereocenters. The summed E-state index contributed by atoms with van der Waals surface area (Å²) >= 11 is 0. The molecule has 170 valence electrons. The summed E-state index contributed by atoms with van der Waals surface area (Å²) in [7, 11) is 0. The van der Waals surface area contributed by atoms with Crippen LogP contribution in [-0.2, 0) is 11.0 Å². The van der Waals surface area contributed by atoms with E-state index in [4.69, 9.17) is 0 Å². The highest BCUT2D eigenvalue weighted by Crippen LogP contribution is 2.45. The Kier molecular flexibility index (Phi) is 5.73. The van der Waals surface area contributed by atoms with Crippen LogP contribution in [-0.4, -0.2) is 40.3 Å². The van der Waals surface area contributed by atoms with E-state index in [1.807, 2.05) is 0 Å². The molecule has 0 spiro atoms. The third-order valence-electron chi connectivity index (χ3n) is 5.99. The summed E-state index contributed by atoms with van der Waals surface area (Å²) in [6.07, 6.45) is -5.88. The Morgan fingerprint density at radius 1 is 1.09 bits per heavy atom. The maximum atomic E-state index is 12.9. The van der Waals surface area contributed by atoms with E-state index >= 15 is 0 Å². The number of alkyl halides is 3. The predicted octanol–water partition coefficient (Wildman–Crippen LogP) is 4.88. The average molecular weight is 453 g/mol. The molecule has 32 heavy (non-hydrogen) atoms. The average Bonchev–Trinajstić information content (AvgIpc) is 2.72. The van der Waals surface area contributed by atoms with Crippen molar-refractivity contribution in [2.24, 2.45) is 5.41 Å². The topological polar surface area (TPSA) is 118 Å². The zero-order chi connectivity index (χ0) is 23.9. The lowest BCUT2D eigenvalue weighted by molar-refractivity contribution is -0.384. The molecule has 1 fully saturated rings. The number of hydrogen-bond acceptors (Lipinski definition) is 4. The van der Waals surface area contributed by atoms with E-state index in [0.29, 0.717) is 5.56 Å². The number of rotatable bonds is 4. The Hall–Kier alpha value is -3.47. The number of amides is 1. The molecule has 1 aliphatic heterocycles. The minimum absolute atomic E-state index is 0.0218. The van der Waals surface area contributed by atoms with Crippen molar-refractivity contribution in [2.75, 3.05) is 13.1 Å². The maximum absolute atomic E-state index is 12.9. The number of hydrogen-bond donors (Lipinski definition) is 2. The molecule has 8 nitrogen and oxygen atoms in total. The molecule has 0 aromatic heterocycles. The molecule has 1 aliphatic rings. The molecule has 0 radical (unpaired) electrons. The monoisotopic (exact) mass is 453 g/mol. The fourth-order valence-corrected chi connectivity index (χ4v) is 4.34. The van der Waals surface area contributed by atoms with Gasteiger partial charge in [0, 0.05) is 30.2 Å². The summed E-state index contributed by atoms with van der Waals surface area (Å²) in [4.78, 5) is 34.9. The van der Waals surface area contributed by atoms with Gasteiger partial charge in [0.05, 0.1) is 10.5 Å². The van der Waals surface area contributed by atoms with Gasteiger partial charge < -0.3 is 10.2 Å². The van der Waals surface area contributed by atoms with Gasteiger partial charge in [-0.15, -0.1) is 0 Å². The Labute approximate surface area is 180 Å². The van der Waals surface area contributed by atoms with Gasteiger partial charge in [-0.25, -0.2) is 0 Å². The number of piperidine rings is 1. The van der Waals surface area contributed by atoms with Crippen LogP contribution >= 0.6 is 0 Å². The third-order valence-corrected chi connectivity index (χ3v) is 5.99. The highest BCUT2D eigenvalue weighted by Gasteiger charge is 2.56. The van der Waals surface area contributed by atoms with Crippen molar-refractivity contribution < 1.29 is 37.9 Å². The lowest BCUT2D eigenvalue weighted by Crippen LogP contribution is -2.65. The fraction of sp³-hybridized carbons (Fsp3) is 0.333. The summed E-state index contributed by atoms with van der Waals surface area (Å²) in [6.45, 7) is 0.945. The minimum atomic E-state index is -4.54. The van der Waals surface area contributed by atoms with Gasteiger partial charge in [0.1, 0.15) is 24.2 Å². The zero-order valence-electron chi connectivity index (χ0n) is 16.9. The second-order valence-corrected chi connectivity index (χ2v) is 8.25. The van der Waals surface area contributed by atoms with Crippen LogP contribution in [0.5, 0.6) is 0 Å². The molecule has 3 rings (SSSR count). The molecule has 0 bridgehead atoms. The first-order valence-corrected chi connectivity index (χ1v) is 9.55. The Bertz CT molecular complexity index is 1050. The Morgan fingerprint density at radius 3 is 2.09 bits per heavy atom. The van der Waals surface area contributed by atoms with E-state index in [1.54, 1.807) is 0 Å². The number of carbonyl (C=O) groups is 2. The quantitative estimate of drug-likeness (QED) is 0.387. The first-order chi connectivity index (χ1) is 14.8. The number of nitro groups is 1. The summed E-state index contributed by atoms with van der Waals surface area (Å²) in [5, 5.41) is 31.0. The van der Waals surface area contributed by atoms with Crippen molar-refractivity contribution in [3.63, 3.8) is 0 Å². The molecule has 1 saturated heterocycles. The van der Waals surface area contributed by atoms with E-state index in [2.05, 4.69) is 0 Å². The largest absolute Gasteiger partial charge is 0.518 e. The zero-order valence-corrected chi connectivity index (χ0v) is 16.9. The first-order valence-electron chi connectivity index (χ1n) is 9.55. The van der Waals surface area contributed by atoms with Gasteiger partial charge in [-0.2, -0.15) is 22.4 Å². The van der Waals surface area contributed by atoms with E-state index in [-0.39, 0.29) is 30.9 Å². The van der Waals surface area contributed by atoms with E-state index in [1.165, 1.54) is 31.2 Å². The van der Waals surface area contributed by atoms with Gasteiger partial charge in [-0.1, -0.05) is 12.1 Å². The number of carboxylic acids is 1. The molecule has 2 N–H and O–H groups in total. The van der Waals surface area contributed by atoms with Crippen molar-refractivity contribution in [3.8, 4) is 0 Å². The molecular formula is C21H20F3N2O6+. The summed E-state index contributed by atoms with van der Waals surface area (Å²) < 4.78 is 37.9. The van der Waals surface area contributed by atoms with Crippen molar-refractivity contribution in [2.45, 2.75) is 25.4 Å². The van der Waals surface area contributed by atoms with Crippen molar-refractivity contribution in [3.05, 3.63) is 69.8 Å². The lowest BCUT2D eigenvalue weighted by atomic mass is 9.73. The van der Waals surface area contributed by atoms with Gasteiger partial charge in [0.25, 0.3) is 5.69 Å². The van der Waals surface area contributed by atoms with Crippen LogP contribution in [0.3, 0.4) is 0 Å². The first kappa shape index (κ1) is 23.2. The van der Waals surface area contributed by atoms with E-state index in [0.717, 1.165) is 24.3 Å². The van der Waals surface area contributed by atoms with Crippen molar-refractivity contribution >= 4 is 23.4 Å². The van der Waals surface area contributed by atoms with Crippen LogP contribution in [0.25, 0.3) is 0 Å². The number of non-ortho nitro benzene ring substituents is 1. The normalized spacial score (nSPS) is 25.8. The molecule has 0 aliphatic carbocycles. The second-order valence-electron chi connectivity index (χ2n) is 8.25. The van der Waals surface area contributed by atoms with Crippen LogP contribution in [0.15, 0.2) is 48.5 Å². The summed E-state index contributed by atoms with van der Waals surface area (Å²) in [5.74, 6) is -1.92. The number of aliphatic carboxylic acids is 1. The lowest BCUT2D eigenvalue weighted by Gasteiger charge is -2.45. The molecule has 2 aromatic rings. The van der Waals surface area contributed by atoms with Crippen LogP contribution in [0.1, 0.15) is 30.4 Å². The van der Waals surface area contributed by atoms with Gasteiger partial charge >= 0.3 is 18.2 Å². The van der Waals surface area contributed by atoms with Crippen LogP contribution < -0.4 is 4.48 Å². The Balaban J connectivity index is 2.10. The van der Waals surface area contributed by atoms with Crippen molar-refractivity contribution in [1.82, 2.24) is 4.48 Å². The molecule has 1 heterocycles. The van der Waals surface area contributed by atoms with Crippen LogP contribution in [0.2, 0.25) is 0 Å². The standard InChI is InChI=1S/C21H19F3N2O6/c1-20(18(27)28)10-14(13-2-4-15(5-3-13)21(22,23)24)11-26(12-20,19(29)30)17-8-6-16(7-9-17)25(31)32/h2-9,14H,10-12H2,1H3,(H-,27,28,29,30)/p+1. The Morgan fingerprint density at radius 2 is 1.66 bits per heavy atom. The number of benzene rings is 2. The highest BCUT2D eigenvalue weighted by atomic mass is 19.4. The minimum Gasteiger partial charge on any atom is -0.481 e. The highest BCUT2D eigenvalue weighted by molar-refractivity contribution is 5.84. The molecule has 0 saturated carbocycles. The molecule has 11 heteroatoms. The summed E-state index contributed by atoms with van der Waals surface area (Å²) in [5.41, 5.74) is -2.10. The van der Waals surface area contributed by atoms with E-state index < -0.39 is 44.5 Å². The van der Waals surface area contributed by atoms with Gasteiger partial charge in [-0.3, -0.25) is 14.9 Å². The number of nitrogens with zero attached hydrogens (tertiary/aromatic N) is 2. The van der Waals surface area contributed by atoms with Crippen molar-refractivity contribution in [1.29, 1.82) is 0 Å². The van der Waals surface area contributed by atoms with Gasteiger partial charge in [-0.05, 0) is 31.0 Å². The number of nitro benzene ring substituents is 1. The molecule has 2 aromatic carbocycles. The SMILES string of the molecule is CC1(C(=O)O)CC(c2ccc(C(F)(F)F)cc2)C[N+](C(=O)O)(c2ccc([N+](=O)[O-])cc2)C1. The smallest absolute Gasteiger partial charge is 0.481 e. The summed E-state index contributed by atoms with van der Waals surface area (Å²) in [6, 6.07) is 9.02. The predicted molar refractivity (Wildman–Crippen MR) is 107 cm³/mol. The van der Waals surface area contributed by atoms with Gasteiger partial charge in [0.2, 0.25) is 0 Å². The van der Waals surface area contributed by atoms with E-state index in [9.17, 15) is 43.1 Å². The third kappa shape index (κ3) is 4.15. The molecular weight excluding hydrogens is 433 g/mol. The fourth-order valence-electron chi connectivity index (χ4n) is 4.34. The van der Waals surface area contributed by atoms with Crippen LogP contribution in [0.4, 0.5) is 29.3 Å². The number of likely N-dealkylation sites (tertiary alicyclic amines) is 1. The number of halogens is 3. The molecule has 1 amide bonds. The maximum Gasteiger partial charge on any atom is 0.518 e. The molecule has 3 unspecified atom stereocenters. The van der Waals surface area contributed by atoms with Crippen LogP contribution in [0, 0.1) is 15.5 Å².